The van der Waals surface area contributed by atoms with Crippen molar-refractivity contribution in [3.05, 3.63) is 59.4 Å². The van der Waals surface area contributed by atoms with Crippen molar-refractivity contribution < 1.29 is 14.3 Å². The van der Waals surface area contributed by atoms with Gasteiger partial charge in [0.15, 0.2) is 0 Å². The van der Waals surface area contributed by atoms with E-state index >= 15 is 0 Å². The number of carbonyl (C=O) groups is 1. The van der Waals surface area contributed by atoms with Crippen molar-refractivity contribution >= 4 is 17.5 Å². The highest BCUT2D eigenvalue weighted by molar-refractivity contribution is 6.01. The van der Waals surface area contributed by atoms with Crippen molar-refractivity contribution in [2.45, 2.75) is 45.2 Å². The van der Waals surface area contributed by atoms with Crippen LogP contribution >= 0.6 is 0 Å². The molecule has 5 heterocycles. The molecule has 0 bridgehead atoms. The Morgan fingerprint density at radius 2 is 1.74 bits per heavy atom. The van der Waals surface area contributed by atoms with Gasteiger partial charge in [-0.25, -0.2) is 0 Å². The first-order chi connectivity index (χ1) is 18.6. The van der Waals surface area contributed by atoms with Crippen LogP contribution in [0.5, 0.6) is 6.01 Å². The number of hydrogen-bond donors (Lipinski definition) is 1. The third kappa shape index (κ3) is 5.49. The van der Waals surface area contributed by atoms with Crippen LogP contribution < -0.4 is 15.4 Å². The van der Waals surface area contributed by atoms with E-state index in [-0.39, 0.29) is 18.3 Å². The summed E-state index contributed by atoms with van der Waals surface area (Å²) in [7, 11) is 0. The first-order valence-corrected chi connectivity index (χ1v) is 13.6. The second-order valence-electron chi connectivity index (χ2n) is 10.4. The molecule has 0 saturated carbocycles. The van der Waals surface area contributed by atoms with E-state index in [4.69, 9.17) is 15.2 Å². The van der Waals surface area contributed by atoms with Crippen LogP contribution in [0.2, 0.25) is 0 Å². The highest BCUT2D eigenvalue weighted by Crippen LogP contribution is 2.33. The molecule has 3 aliphatic heterocycles. The molecule has 0 unspecified atom stereocenters. The molecule has 2 fully saturated rings. The maximum Gasteiger partial charge on any atom is 0.320 e. The lowest BCUT2D eigenvalue weighted by Gasteiger charge is -2.22. The summed E-state index contributed by atoms with van der Waals surface area (Å²) in [5.41, 5.74) is 11.2. The van der Waals surface area contributed by atoms with E-state index in [0.29, 0.717) is 36.3 Å². The molecule has 9 heteroatoms. The molecule has 0 radical (unpaired) electrons. The van der Waals surface area contributed by atoms with Gasteiger partial charge in [-0.05, 0) is 61.9 Å². The number of nitrogens with two attached hydrogens (primary N) is 1. The van der Waals surface area contributed by atoms with Crippen LogP contribution in [0.1, 0.15) is 42.5 Å². The summed E-state index contributed by atoms with van der Waals surface area (Å²) in [6, 6.07) is 12.7. The minimum atomic E-state index is -0.0375. The fourth-order valence-electron chi connectivity index (χ4n) is 5.40. The topological polar surface area (TPSA) is 107 Å². The van der Waals surface area contributed by atoms with Crippen molar-refractivity contribution in [2.24, 2.45) is 5.92 Å². The number of anilines is 2. The van der Waals surface area contributed by atoms with Crippen LogP contribution in [0.25, 0.3) is 11.1 Å². The number of hydrogen-bond acceptors (Lipinski definition) is 8. The molecule has 2 saturated heterocycles. The summed E-state index contributed by atoms with van der Waals surface area (Å²) >= 11 is 0. The lowest BCUT2D eigenvalue weighted by Crippen LogP contribution is -2.27. The number of pyridine rings is 1. The molecular formula is C29H34N6O3. The van der Waals surface area contributed by atoms with Crippen molar-refractivity contribution in [1.29, 1.82) is 0 Å². The predicted molar refractivity (Wildman–Crippen MR) is 145 cm³/mol. The maximum absolute atomic E-state index is 12.9. The number of fused-ring (bicyclic) bond motifs is 1. The maximum atomic E-state index is 12.9. The largest absolute Gasteiger partial charge is 0.463 e. The lowest BCUT2D eigenvalue weighted by atomic mass is 10.0. The Labute approximate surface area is 223 Å². The Kier molecular flexibility index (Phi) is 7.20. The molecule has 38 heavy (non-hydrogen) atoms. The molecule has 3 aromatic rings. The van der Waals surface area contributed by atoms with Gasteiger partial charge in [0, 0.05) is 37.1 Å². The lowest BCUT2D eigenvalue weighted by molar-refractivity contribution is -0.117. The van der Waals surface area contributed by atoms with E-state index in [2.05, 4.69) is 44.1 Å². The molecule has 0 spiro atoms. The smallest absolute Gasteiger partial charge is 0.320 e. The van der Waals surface area contributed by atoms with Gasteiger partial charge < -0.3 is 15.2 Å². The van der Waals surface area contributed by atoms with Crippen LogP contribution in [-0.4, -0.2) is 58.7 Å². The molecule has 6 rings (SSSR count). The minimum absolute atomic E-state index is 0.0375. The Morgan fingerprint density at radius 1 is 0.974 bits per heavy atom. The highest BCUT2D eigenvalue weighted by Gasteiger charge is 2.32. The fraction of sp³-hybridized carbons (Fsp3) is 0.448. The first-order valence-electron chi connectivity index (χ1n) is 13.6. The summed E-state index contributed by atoms with van der Waals surface area (Å²) in [5, 5.41) is 0. The van der Waals surface area contributed by atoms with E-state index in [9.17, 15) is 4.79 Å². The van der Waals surface area contributed by atoms with E-state index in [0.717, 1.165) is 68.1 Å². The van der Waals surface area contributed by atoms with Gasteiger partial charge in [0.1, 0.15) is 11.6 Å². The number of nitrogen functional groups attached to an aromatic ring is 1. The molecule has 198 valence electrons. The summed E-state index contributed by atoms with van der Waals surface area (Å²) in [6.07, 6.45) is 6.63. The fourth-order valence-corrected chi connectivity index (χ4v) is 5.40. The number of aromatic nitrogens is 3. The molecular weight excluding hydrogens is 480 g/mol. The van der Waals surface area contributed by atoms with Gasteiger partial charge >= 0.3 is 6.01 Å². The number of nitrogens with zero attached hydrogens (tertiary/aromatic N) is 5. The third-order valence-electron chi connectivity index (χ3n) is 7.71. The van der Waals surface area contributed by atoms with Crippen LogP contribution in [0.15, 0.2) is 42.6 Å². The molecule has 1 amide bonds. The van der Waals surface area contributed by atoms with E-state index in [1.165, 1.54) is 12.8 Å². The number of benzene rings is 1. The number of amides is 1. The quantitative estimate of drug-likeness (QED) is 0.486. The summed E-state index contributed by atoms with van der Waals surface area (Å²) in [5.74, 6) is 1.23. The van der Waals surface area contributed by atoms with Crippen molar-refractivity contribution in [1.82, 2.24) is 19.9 Å². The molecule has 1 aromatic carbocycles. The van der Waals surface area contributed by atoms with Crippen LogP contribution in [0, 0.1) is 5.92 Å². The summed E-state index contributed by atoms with van der Waals surface area (Å²) in [6.45, 7) is 5.68. The summed E-state index contributed by atoms with van der Waals surface area (Å²) in [4.78, 5) is 30.6. The average molecular weight is 515 g/mol. The zero-order valence-corrected chi connectivity index (χ0v) is 21.6. The predicted octanol–water partition coefficient (Wildman–Crippen LogP) is 3.61. The van der Waals surface area contributed by atoms with Gasteiger partial charge in [0.25, 0.3) is 0 Å². The summed E-state index contributed by atoms with van der Waals surface area (Å²) < 4.78 is 11.3. The van der Waals surface area contributed by atoms with Gasteiger partial charge in [0.2, 0.25) is 5.91 Å². The number of likely N-dealkylation sites (tertiary alicyclic amines) is 1. The monoisotopic (exact) mass is 514 g/mol. The Balaban J connectivity index is 1.12. The van der Waals surface area contributed by atoms with Crippen LogP contribution in [0.3, 0.4) is 0 Å². The third-order valence-corrected chi connectivity index (χ3v) is 7.71. The molecule has 9 nitrogen and oxygen atoms in total. The Morgan fingerprint density at radius 3 is 2.47 bits per heavy atom. The van der Waals surface area contributed by atoms with Gasteiger partial charge in [-0.1, -0.05) is 30.3 Å². The first kappa shape index (κ1) is 24.8. The van der Waals surface area contributed by atoms with E-state index in [1.807, 2.05) is 18.3 Å². The van der Waals surface area contributed by atoms with Gasteiger partial charge in [-0.2, -0.15) is 9.97 Å². The highest BCUT2D eigenvalue weighted by atomic mass is 16.5. The minimum Gasteiger partial charge on any atom is -0.463 e. The Hall–Kier alpha value is -3.56. The second kappa shape index (κ2) is 11.0. The van der Waals surface area contributed by atoms with E-state index in [1.54, 1.807) is 4.90 Å². The van der Waals surface area contributed by atoms with Crippen molar-refractivity contribution in [2.75, 3.05) is 43.5 Å². The normalized spacial score (nSPS) is 18.2. The number of ether oxygens (including phenoxy) is 2. The standard InChI is InChI=1S/C29H34N6O3/c30-27-25-15-26(36)35(28(25)33-29(32-27)38-19-21-9-13-37-14-10-21)17-20-3-5-22(6-4-20)23-7-8-24(31-16-23)18-34-11-1-2-12-34/h3-8,16,21H,1-2,9-15,17-19H2,(H2,30,32,33). The number of carbonyl (C=O) groups excluding carboxylic acids is 1. The molecule has 0 aliphatic carbocycles. The van der Waals surface area contributed by atoms with Crippen LogP contribution in [0.4, 0.5) is 11.6 Å². The Bertz CT molecular complexity index is 1270. The van der Waals surface area contributed by atoms with E-state index < -0.39 is 0 Å². The molecule has 0 atom stereocenters. The zero-order chi connectivity index (χ0) is 25.9. The van der Waals surface area contributed by atoms with Crippen molar-refractivity contribution in [3.63, 3.8) is 0 Å². The average Bonchev–Trinajstić information content (AvgIpc) is 3.57. The van der Waals surface area contributed by atoms with Gasteiger partial charge in [0.05, 0.1) is 25.3 Å². The van der Waals surface area contributed by atoms with Gasteiger partial charge in [-0.3, -0.25) is 19.6 Å². The number of rotatable bonds is 8. The van der Waals surface area contributed by atoms with Gasteiger partial charge in [-0.15, -0.1) is 0 Å². The molecule has 2 N–H and O–H groups in total. The van der Waals surface area contributed by atoms with Crippen LogP contribution in [-0.2, 0) is 29.0 Å². The second-order valence-corrected chi connectivity index (χ2v) is 10.4. The zero-order valence-electron chi connectivity index (χ0n) is 21.6. The van der Waals surface area contributed by atoms with Crippen molar-refractivity contribution in [3.8, 4) is 17.1 Å². The molecule has 2 aromatic heterocycles. The molecule has 3 aliphatic rings. The SMILES string of the molecule is Nc1nc(OCC2CCOCC2)nc2c1CC(=O)N2Cc1ccc(-c2ccc(CN3CCCC3)nc2)cc1.